The van der Waals surface area contributed by atoms with Gasteiger partial charge in [-0.25, -0.2) is 0 Å². The van der Waals surface area contributed by atoms with Crippen molar-refractivity contribution in [3.63, 3.8) is 0 Å². The molecule has 2 aliphatic heterocycles. The minimum atomic E-state index is -0.269. The minimum absolute atomic E-state index is 0.0315. The second-order valence-electron chi connectivity index (χ2n) is 9.12. The van der Waals surface area contributed by atoms with Crippen molar-refractivity contribution >= 4 is 11.9 Å². The fraction of sp³-hybridized carbons (Fsp3) is 0.444. The van der Waals surface area contributed by atoms with E-state index in [-0.39, 0.29) is 18.1 Å². The van der Waals surface area contributed by atoms with Crippen LogP contribution in [0.2, 0.25) is 0 Å². The number of carbonyl (C=O) groups is 1. The number of rotatable bonds is 10. The van der Waals surface area contributed by atoms with Crippen LogP contribution in [0.4, 0.5) is 0 Å². The van der Waals surface area contributed by atoms with Gasteiger partial charge in [-0.15, -0.1) is 0 Å². The predicted molar refractivity (Wildman–Crippen MR) is 140 cm³/mol. The highest BCUT2D eigenvalue weighted by molar-refractivity contribution is 5.98. The molecule has 0 spiro atoms. The highest BCUT2D eigenvalue weighted by Gasteiger charge is 2.28. The number of piperidine rings is 1. The van der Waals surface area contributed by atoms with Crippen LogP contribution in [0, 0.1) is 0 Å². The predicted octanol–water partition coefficient (Wildman–Crippen LogP) is 2.16. The summed E-state index contributed by atoms with van der Waals surface area (Å²) < 4.78 is 0. The topological polar surface area (TPSA) is 93.7 Å². The Kier molecular flexibility index (Phi) is 9.25. The maximum atomic E-state index is 13.2. The van der Waals surface area contributed by atoms with E-state index >= 15 is 0 Å². The number of pyridine rings is 1. The lowest BCUT2D eigenvalue weighted by Gasteiger charge is -2.34. The van der Waals surface area contributed by atoms with Crippen molar-refractivity contribution in [3.8, 4) is 0 Å². The van der Waals surface area contributed by atoms with Gasteiger partial charge in [0.25, 0.3) is 5.91 Å². The average molecular weight is 476 g/mol. The Morgan fingerprint density at radius 1 is 1.11 bits per heavy atom. The first-order valence-electron chi connectivity index (χ1n) is 12.7. The Hall–Kier alpha value is -3.23. The van der Waals surface area contributed by atoms with Gasteiger partial charge in [0.2, 0.25) is 0 Å². The van der Waals surface area contributed by atoms with E-state index in [1.807, 2.05) is 12.1 Å². The molecule has 1 unspecified atom stereocenters. The van der Waals surface area contributed by atoms with Gasteiger partial charge in [0, 0.05) is 50.8 Å². The molecule has 0 radical (unpaired) electrons. The molecule has 186 valence electrons. The first-order valence-corrected chi connectivity index (χ1v) is 12.7. The van der Waals surface area contributed by atoms with E-state index in [0.717, 1.165) is 51.9 Å². The standard InChI is InChI=1S/C27H37N7O/c1-2-13-29-25-24(19-31-27(33-25)30-16-10-21-8-14-28-15-9-21)26(35)32-23-11-17-34(18-12-23)20-22-6-4-3-5-7-22/h3-9,14-15,19,23,25,29H,2,10-13,16-18,20H2,1H3,(H,32,35)(H2,30,31,33). The summed E-state index contributed by atoms with van der Waals surface area (Å²) in [5.74, 6) is 0.648. The van der Waals surface area contributed by atoms with E-state index in [9.17, 15) is 4.79 Å². The second kappa shape index (κ2) is 13.0. The van der Waals surface area contributed by atoms with Gasteiger partial charge in [-0.2, -0.15) is 0 Å². The van der Waals surface area contributed by atoms with Crippen LogP contribution in [0.25, 0.3) is 0 Å². The number of nitrogens with zero attached hydrogens (tertiary/aromatic N) is 3. The fourth-order valence-corrected chi connectivity index (χ4v) is 4.42. The first-order chi connectivity index (χ1) is 17.2. The molecule has 1 saturated heterocycles. The van der Waals surface area contributed by atoms with Gasteiger partial charge in [-0.3, -0.25) is 25.0 Å². The third kappa shape index (κ3) is 7.63. The van der Waals surface area contributed by atoms with Crippen molar-refractivity contribution in [1.82, 2.24) is 31.2 Å². The van der Waals surface area contributed by atoms with Gasteiger partial charge in [0.15, 0.2) is 5.96 Å². The van der Waals surface area contributed by atoms with Crippen molar-refractivity contribution in [2.45, 2.75) is 51.4 Å². The number of hydrogen-bond donors (Lipinski definition) is 4. The smallest absolute Gasteiger partial charge is 0.252 e. The van der Waals surface area contributed by atoms with Crippen LogP contribution in [-0.2, 0) is 17.8 Å². The Balaban J connectivity index is 1.28. The summed E-state index contributed by atoms with van der Waals surface area (Å²) in [5.41, 5.74) is 3.20. The van der Waals surface area contributed by atoms with Crippen molar-refractivity contribution in [1.29, 1.82) is 0 Å². The highest BCUT2D eigenvalue weighted by Crippen LogP contribution is 2.15. The van der Waals surface area contributed by atoms with Gasteiger partial charge in [-0.1, -0.05) is 37.3 Å². The molecule has 35 heavy (non-hydrogen) atoms. The van der Waals surface area contributed by atoms with E-state index in [1.165, 1.54) is 11.1 Å². The molecule has 1 aromatic carbocycles. The number of likely N-dealkylation sites (tertiary alicyclic amines) is 1. The van der Waals surface area contributed by atoms with Crippen LogP contribution in [0.15, 0.2) is 71.6 Å². The number of nitrogens with one attached hydrogen (secondary N) is 4. The molecule has 1 atom stereocenters. The third-order valence-electron chi connectivity index (χ3n) is 6.41. The Bertz CT molecular complexity index is 985. The van der Waals surface area contributed by atoms with Gasteiger partial charge in [-0.05, 0) is 55.5 Å². The van der Waals surface area contributed by atoms with Gasteiger partial charge in [0.1, 0.15) is 6.17 Å². The summed E-state index contributed by atoms with van der Waals surface area (Å²) in [6.07, 6.45) is 8.85. The molecule has 3 heterocycles. The van der Waals surface area contributed by atoms with Crippen LogP contribution in [-0.4, -0.2) is 60.1 Å². The normalized spacial score (nSPS) is 20.1. The molecule has 4 N–H and O–H groups in total. The molecule has 0 bridgehead atoms. The molecule has 1 aromatic heterocycles. The lowest BCUT2D eigenvalue weighted by Crippen LogP contribution is -2.57. The molecule has 2 aromatic rings. The Labute approximate surface area is 208 Å². The van der Waals surface area contributed by atoms with Crippen LogP contribution in [0.3, 0.4) is 0 Å². The summed E-state index contributed by atoms with van der Waals surface area (Å²) in [6, 6.07) is 14.8. The third-order valence-corrected chi connectivity index (χ3v) is 6.41. The van der Waals surface area contributed by atoms with Crippen LogP contribution >= 0.6 is 0 Å². The van der Waals surface area contributed by atoms with E-state index in [2.05, 4.69) is 73.4 Å². The van der Waals surface area contributed by atoms with Crippen molar-refractivity contribution < 1.29 is 4.79 Å². The maximum Gasteiger partial charge on any atom is 0.252 e. The number of amides is 1. The van der Waals surface area contributed by atoms with E-state index in [0.29, 0.717) is 18.1 Å². The lowest BCUT2D eigenvalue weighted by molar-refractivity contribution is -0.118. The molecule has 1 fully saturated rings. The van der Waals surface area contributed by atoms with Crippen LogP contribution < -0.4 is 21.3 Å². The summed E-state index contributed by atoms with van der Waals surface area (Å²) in [4.78, 5) is 24.3. The summed E-state index contributed by atoms with van der Waals surface area (Å²) in [6.45, 7) is 6.51. The van der Waals surface area contributed by atoms with Gasteiger partial charge >= 0.3 is 0 Å². The lowest BCUT2D eigenvalue weighted by atomic mass is 10.0. The molecule has 8 nitrogen and oxygen atoms in total. The van der Waals surface area contributed by atoms with Gasteiger partial charge < -0.3 is 16.0 Å². The quantitative estimate of drug-likeness (QED) is 0.421. The maximum absolute atomic E-state index is 13.2. The number of carbonyl (C=O) groups excluding carboxylic acids is 1. The number of benzene rings is 1. The zero-order chi connectivity index (χ0) is 24.3. The molecule has 8 heteroatoms. The van der Waals surface area contributed by atoms with Crippen molar-refractivity contribution in [2.75, 3.05) is 26.2 Å². The molecule has 0 aliphatic carbocycles. The molecule has 0 saturated carbocycles. The monoisotopic (exact) mass is 475 g/mol. The molecular formula is C27H37N7O. The Morgan fingerprint density at radius 3 is 2.63 bits per heavy atom. The van der Waals surface area contributed by atoms with E-state index in [4.69, 9.17) is 0 Å². The molecule has 2 aliphatic rings. The molecule has 4 rings (SSSR count). The molecule has 1 amide bonds. The first kappa shape index (κ1) is 24.9. The van der Waals surface area contributed by atoms with Gasteiger partial charge in [0.05, 0.1) is 5.57 Å². The van der Waals surface area contributed by atoms with Crippen LogP contribution in [0.5, 0.6) is 0 Å². The van der Waals surface area contributed by atoms with E-state index in [1.54, 1.807) is 18.6 Å². The number of hydrogen-bond acceptors (Lipinski definition) is 5. The highest BCUT2D eigenvalue weighted by atomic mass is 16.1. The summed E-state index contributed by atoms with van der Waals surface area (Å²) in [7, 11) is 0. The fourth-order valence-electron chi connectivity index (χ4n) is 4.42. The molecular weight excluding hydrogens is 438 g/mol. The second-order valence-corrected chi connectivity index (χ2v) is 9.12. The summed E-state index contributed by atoms with van der Waals surface area (Å²) in [5, 5.41) is 13.2. The zero-order valence-electron chi connectivity index (χ0n) is 20.5. The number of guanidine groups is 1. The number of aliphatic imine (C=N–C) groups is 1. The number of aromatic nitrogens is 1. The SMILES string of the molecule is CCCNC1NC(=NCCc2ccncc2)NC=C1C(=O)NC1CCN(Cc2ccccc2)CC1. The van der Waals surface area contributed by atoms with E-state index < -0.39 is 0 Å². The minimum Gasteiger partial charge on any atom is -0.349 e. The van der Waals surface area contributed by atoms with Crippen molar-refractivity contribution in [3.05, 3.63) is 77.8 Å². The summed E-state index contributed by atoms with van der Waals surface area (Å²) >= 11 is 0. The van der Waals surface area contributed by atoms with Crippen molar-refractivity contribution in [2.24, 2.45) is 4.99 Å². The average Bonchev–Trinajstić information content (AvgIpc) is 2.90. The largest absolute Gasteiger partial charge is 0.349 e. The Morgan fingerprint density at radius 2 is 1.89 bits per heavy atom. The zero-order valence-corrected chi connectivity index (χ0v) is 20.5. The van der Waals surface area contributed by atoms with Crippen LogP contribution in [0.1, 0.15) is 37.3 Å².